The second-order valence-electron chi connectivity index (χ2n) is 19.6. The van der Waals surface area contributed by atoms with Crippen molar-refractivity contribution in [1.29, 1.82) is 0 Å². The van der Waals surface area contributed by atoms with Crippen LogP contribution in [0.3, 0.4) is 0 Å². The largest absolute Gasteiger partial charge is 0.301 e. The first-order valence-electron chi connectivity index (χ1n) is 24.3. The SMILES string of the molecule is CN1Cc2ccccc2C(c2ccc(S(=O)(=O)NCCN(CCNS(=O)(=O)c3ccc(C4CN(C)Cc5c(Cl)cc(Cl)cc54)cc3)CCNS(=O)(=O)c3ccc(C4CN(C)Cc5c(Cl)cc(Cl)cc54)cc3)cc2)C1. The number of hydrogen-bond donors (Lipinski definition) is 3. The molecule has 0 aromatic heterocycles. The van der Waals surface area contributed by atoms with Crippen molar-refractivity contribution in [2.24, 2.45) is 0 Å². The van der Waals surface area contributed by atoms with E-state index in [0.717, 1.165) is 52.0 Å². The summed E-state index contributed by atoms with van der Waals surface area (Å²) in [5.74, 6) is -0.0481. The monoisotopic (exact) mass is 1140 g/mol. The molecule has 3 aliphatic rings. The molecule has 74 heavy (non-hydrogen) atoms. The van der Waals surface area contributed by atoms with Gasteiger partial charge in [0, 0.05) is 116 Å². The molecule has 6 aromatic carbocycles. The van der Waals surface area contributed by atoms with E-state index in [0.29, 0.717) is 46.3 Å². The molecule has 0 saturated heterocycles. The quantitative estimate of drug-likeness (QED) is 0.0764. The van der Waals surface area contributed by atoms with Crippen molar-refractivity contribution in [3.05, 3.63) is 191 Å². The number of sulfonamides is 3. The van der Waals surface area contributed by atoms with Crippen LogP contribution in [0, 0.1) is 0 Å². The number of likely N-dealkylation sites (N-methyl/N-ethyl adjacent to an activating group) is 3. The van der Waals surface area contributed by atoms with Crippen LogP contribution >= 0.6 is 46.4 Å². The van der Waals surface area contributed by atoms with E-state index in [-0.39, 0.29) is 71.7 Å². The van der Waals surface area contributed by atoms with E-state index in [1.807, 2.05) is 50.5 Å². The Morgan fingerprint density at radius 1 is 0.459 bits per heavy atom. The zero-order valence-electron chi connectivity index (χ0n) is 41.2. The topological polar surface area (TPSA) is 151 Å². The first-order valence-corrected chi connectivity index (χ1v) is 30.3. The second-order valence-corrected chi connectivity index (χ2v) is 26.6. The number of nitrogens with one attached hydrogen (secondary N) is 3. The zero-order chi connectivity index (χ0) is 52.5. The fourth-order valence-electron chi connectivity index (χ4n) is 10.6. The average Bonchev–Trinajstić information content (AvgIpc) is 3.36. The van der Waals surface area contributed by atoms with Crippen LogP contribution in [0.1, 0.15) is 67.8 Å². The summed E-state index contributed by atoms with van der Waals surface area (Å²) in [7, 11) is -5.83. The molecule has 3 heterocycles. The zero-order valence-corrected chi connectivity index (χ0v) is 46.7. The van der Waals surface area contributed by atoms with E-state index < -0.39 is 30.1 Å². The maximum atomic E-state index is 13.7. The van der Waals surface area contributed by atoms with Crippen LogP contribution in [0.5, 0.6) is 0 Å². The summed E-state index contributed by atoms with van der Waals surface area (Å²) in [5, 5.41) is 2.26. The molecule has 9 rings (SSSR count). The molecule has 0 radical (unpaired) electrons. The first kappa shape index (κ1) is 54.8. The van der Waals surface area contributed by atoms with Crippen LogP contribution in [0.25, 0.3) is 0 Å². The molecule has 3 N–H and O–H groups in total. The summed E-state index contributed by atoms with van der Waals surface area (Å²) in [5.41, 5.74) is 9.33. The lowest BCUT2D eigenvalue weighted by Gasteiger charge is -2.33. The molecule has 0 bridgehead atoms. The van der Waals surface area contributed by atoms with Crippen LogP contribution in [-0.2, 0) is 49.7 Å². The third-order valence-electron chi connectivity index (χ3n) is 14.3. The van der Waals surface area contributed by atoms with Crippen LogP contribution < -0.4 is 14.2 Å². The lowest BCUT2D eigenvalue weighted by Crippen LogP contribution is -2.43. The highest BCUT2D eigenvalue weighted by Crippen LogP contribution is 2.40. The van der Waals surface area contributed by atoms with Gasteiger partial charge in [-0.1, -0.05) is 107 Å². The van der Waals surface area contributed by atoms with Gasteiger partial charge in [-0.15, -0.1) is 0 Å². The third-order valence-corrected chi connectivity index (χ3v) is 19.8. The van der Waals surface area contributed by atoms with Crippen molar-refractivity contribution >= 4 is 76.5 Å². The van der Waals surface area contributed by atoms with Crippen molar-refractivity contribution < 1.29 is 25.3 Å². The summed E-state index contributed by atoms with van der Waals surface area (Å²) in [6.45, 7) is 4.71. The van der Waals surface area contributed by atoms with E-state index >= 15 is 0 Å². The smallest absolute Gasteiger partial charge is 0.240 e. The second kappa shape index (κ2) is 22.9. The normalized spacial score (nSPS) is 18.8. The minimum Gasteiger partial charge on any atom is -0.301 e. The molecule has 0 fully saturated rings. The van der Waals surface area contributed by atoms with Crippen molar-refractivity contribution in [3.8, 4) is 0 Å². The summed E-state index contributed by atoms with van der Waals surface area (Å²) in [4.78, 5) is 8.65. The van der Waals surface area contributed by atoms with Gasteiger partial charge >= 0.3 is 0 Å². The van der Waals surface area contributed by atoms with Gasteiger partial charge in [-0.25, -0.2) is 39.4 Å². The van der Waals surface area contributed by atoms with Crippen LogP contribution in [0.4, 0.5) is 0 Å². The van der Waals surface area contributed by atoms with Crippen molar-refractivity contribution in [2.45, 2.75) is 52.1 Å². The maximum absolute atomic E-state index is 13.7. The molecule has 3 atom stereocenters. The standard InChI is InChI=1S/C54H59Cl4N7O6S3/c1-62-30-39-6-4-5-7-45(39)48(31-62)36-8-14-42(15-9-36)72(66,67)59-20-23-65(24-21-60-73(68,69)43-16-10-37(11-17-43)49-32-63(2)34-51-46(49)26-40(55)28-53(51)57)25-22-61-74(70,71)44-18-12-38(13-19-44)50-33-64(3)35-52-47(50)27-41(56)29-54(52)58/h4-19,26-29,48-50,59-61H,20-25,30-35H2,1-3H3. The minimum atomic E-state index is -3.99. The Labute approximate surface area is 455 Å². The third kappa shape index (κ3) is 12.6. The molecule has 0 amide bonds. The van der Waals surface area contributed by atoms with E-state index in [9.17, 15) is 25.3 Å². The summed E-state index contributed by atoms with van der Waals surface area (Å²) in [6.07, 6.45) is 0. The number of rotatable bonds is 18. The first-order chi connectivity index (χ1) is 35.2. The number of fused-ring (bicyclic) bond motifs is 3. The average molecular weight is 1140 g/mol. The Bertz CT molecular complexity index is 3200. The highest BCUT2D eigenvalue weighted by atomic mass is 35.5. The molecule has 3 unspecified atom stereocenters. The number of benzene rings is 6. The Kier molecular flexibility index (Phi) is 17.0. The van der Waals surface area contributed by atoms with Gasteiger partial charge < -0.3 is 14.7 Å². The maximum Gasteiger partial charge on any atom is 0.240 e. The van der Waals surface area contributed by atoms with E-state index in [1.54, 1.807) is 77.7 Å². The Hall–Kier alpha value is -3.95. The van der Waals surface area contributed by atoms with Crippen molar-refractivity contribution in [1.82, 2.24) is 33.8 Å². The number of hydrogen-bond acceptors (Lipinski definition) is 10. The predicted octanol–water partition coefficient (Wildman–Crippen LogP) is 8.57. The summed E-state index contributed by atoms with van der Waals surface area (Å²) in [6, 6.07) is 36.1. The molecule has 0 saturated carbocycles. The van der Waals surface area contributed by atoms with Gasteiger partial charge in [-0.3, -0.25) is 4.90 Å². The van der Waals surface area contributed by atoms with Crippen LogP contribution in [0.2, 0.25) is 20.1 Å². The Balaban J connectivity index is 0.862. The van der Waals surface area contributed by atoms with Gasteiger partial charge in [0.1, 0.15) is 0 Å². The van der Waals surface area contributed by atoms with Crippen LogP contribution in [0.15, 0.2) is 136 Å². The van der Waals surface area contributed by atoms with Crippen LogP contribution in [-0.4, -0.2) is 125 Å². The Morgan fingerprint density at radius 2 is 0.797 bits per heavy atom. The van der Waals surface area contributed by atoms with E-state index in [2.05, 4.69) is 48.0 Å². The summed E-state index contributed by atoms with van der Waals surface area (Å²) < 4.78 is 90.2. The van der Waals surface area contributed by atoms with Crippen molar-refractivity contribution in [3.63, 3.8) is 0 Å². The van der Waals surface area contributed by atoms with Gasteiger partial charge in [0.2, 0.25) is 30.1 Å². The highest BCUT2D eigenvalue weighted by molar-refractivity contribution is 7.90. The van der Waals surface area contributed by atoms with Gasteiger partial charge in [-0.2, -0.15) is 0 Å². The fraction of sp³-hybridized carbons (Fsp3) is 0.333. The predicted molar refractivity (Wildman–Crippen MR) is 295 cm³/mol. The molecule has 392 valence electrons. The van der Waals surface area contributed by atoms with Gasteiger partial charge in [0.05, 0.1) is 14.7 Å². The van der Waals surface area contributed by atoms with Gasteiger partial charge in [-0.05, 0) is 132 Å². The lowest BCUT2D eigenvalue weighted by atomic mass is 9.85. The molecular weight excluding hydrogens is 1080 g/mol. The van der Waals surface area contributed by atoms with Gasteiger partial charge in [0.15, 0.2) is 0 Å². The molecule has 0 aliphatic carbocycles. The number of halogens is 4. The highest BCUT2D eigenvalue weighted by Gasteiger charge is 2.30. The molecule has 3 aliphatic heterocycles. The van der Waals surface area contributed by atoms with E-state index in [4.69, 9.17) is 46.4 Å². The fourth-order valence-corrected chi connectivity index (χ4v) is 14.8. The van der Waals surface area contributed by atoms with Crippen molar-refractivity contribution in [2.75, 3.05) is 80.0 Å². The van der Waals surface area contributed by atoms with Gasteiger partial charge in [0.25, 0.3) is 0 Å². The molecule has 6 aromatic rings. The summed E-state index contributed by atoms with van der Waals surface area (Å²) >= 11 is 26.0. The molecule has 20 heteroatoms. The Morgan fingerprint density at radius 3 is 1.18 bits per heavy atom. The lowest BCUT2D eigenvalue weighted by molar-refractivity contribution is 0.287. The number of nitrogens with zero attached hydrogens (tertiary/aromatic N) is 4. The molecular formula is C54H59Cl4N7O6S3. The molecule has 13 nitrogen and oxygen atoms in total. The molecule has 0 spiro atoms. The minimum absolute atomic E-state index is 0.0287. The van der Waals surface area contributed by atoms with E-state index in [1.165, 1.54) is 11.1 Å².